The third-order valence-corrected chi connectivity index (χ3v) is 8.39. The van der Waals surface area contributed by atoms with Gasteiger partial charge in [0.25, 0.3) is 0 Å². The molecule has 0 atom stereocenters. The van der Waals surface area contributed by atoms with Gasteiger partial charge in [0.1, 0.15) is 11.6 Å². The smallest absolute Gasteiger partial charge is 0.243 e. The Morgan fingerprint density at radius 2 is 1.63 bits per heavy atom. The third kappa shape index (κ3) is 6.51. The lowest BCUT2D eigenvalue weighted by Gasteiger charge is -2.22. The average Bonchev–Trinajstić information content (AvgIpc) is 3.40. The molecule has 0 aliphatic carbocycles. The number of benzene rings is 4. The minimum atomic E-state index is -4.01. The van der Waals surface area contributed by atoms with E-state index in [-0.39, 0.29) is 11.4 Å². The zero-order chi connectivity index (χ0) is 28.8. The minimum absolute atomic E-state index is 0.0862. The maximum absolute atomic E-state index is 13.7. The molecule has 1 amide bonds. The van der Waals surface area contributed by atoms with Crippen molar-refractivity contribution in [2.24, 2.45) is 0 Å². The van der Waals surface area contributed by atoms with Crippen LogP contribution in [0.4, 0.5) is 10.2 Å². The summed E-state index contributed by atoms with van der Waals surface area (Å²) in [6, 6.07) is 29.2. The van der Waals surface area contributed by atoms with Crippen LogP contribution in [-0.2, 0) is 19.6 Å². The number of hydrogen-bond donors (Lipinski definition) is 1. The fourth-order valence-corrected chi connectivity index (χ4v) is 5.96. The average molecular weight is 573 g/mol. The van der Waals surface area contributed by atoms with Gasteiger partial charge in [-0.05, 0) is 53.6 Å². The summed E-state index contributed by atoms with van der Waals surface area (Å²) < 4.78 is 48.8. The van der Waals surface area contributed by atoms with Crippen LogP contribution < -0.4 is 5.32 Å². The van der Waals surface area contributed by atoms with E-state index < -0.39 is 28.3 Å². The van der Waals surface area contributed by atoms with Crippen molar-refractivity contribution in [1.29, 1.82) is 0 Å². The molecule has 8 nitrogen and oxygen atoms in total. The van der Waals surface area contributed by atoms with Gasteiger partial charge in [0, 0.05) is 31.9 Å². The number of methoxy groups -OCH3 is 1. The molecule has 0 aliphatic heterocycles. The van der Waals surface area contributed by atoms with Gasteiger partial charge in [-0.2, -0.15) is 9.40 Å². The SMILES string of the molecule is COCCCN(CC(=O)Nc1cc(-c2ccccc2)nn1-c1ccc(F)cc1)S(=O)(=O)c1ccc2ccccc2c1. The van der Waals surface area contributed by atoms with Crippen LogP contribution in [0.5, 0.6) is 0 Å². The van der Waals surface area contributed by atoms with E-state index in [2.05, 4.69) is 10.4 Å². The first-order valence-electron chi connectivity index (χ1n) is 13.0. The number of rotatable bonds is 11. The molecule has 0 saturated carbocycles. The second kappa shape index (κ2) is 12.4. The summed E-state index contributed by atoms with van der Waals surface area (Å²) in [4.78, 5) is 13.5. The third-order valence-electron chi connectivity index (χ3n) is 6.55. The molecular formula is C31H29FN4O4S. The Kier molecular flexibility index (Phi) is 8.53. The molecule has 1 N–H and O–H groups in total. The number of anilines is 1. The highest BCUT2D eigenvalue weighted by Gasteiger charge is 2.27. The molecule has 0 radical (unpaired) electrons. The Labute approximate surface area is 238 Å². The summed E-state index contributed by atoms with van der Waals surface area (Å²) in [5.41, 5.74) is 1.94. The molecule has 5 rings (SSSR count). The molecule has 5 aromatic rings. The van der Waals surface area contributed by atoms with Crippen molar-refractivity contribution in [3.05, 3.63) is 109 Å². The molecule has 0 bridgehead atoms. The first kappa shape index (κ1) is 28.2. The molecule has 1 aromatic heterocycles. The molecule has 1 heterocycles. The highest BCUT2D eigenvalue weighted by Crippen LogP contribution is 2.26. The lowest BCUT2D eigenvalue weighted by molar-refractivity contribution is -0.116. The van der Waals surface area contributed by atoms with Crippen molar-refractivity contribution >= 4 is 32.5 Å². The molecule has 10 heteroatoms. The number of carbonyl (C=O) groups is 1. The lowest BCUT2D eigenvalue weighted by atomic mass is 10.1. The normalized spacial score (nSPS) is 11.7. The van der Waals surface area contributed by atoms with Gasteiger partial charge in [-0.15, -0.1) is 0 Å². The Bertz CT molecular complexity index is 1760. The molecule has 4 aromatic carbocycles. The van der Waals surface area contributed by atoms with E-state index >= 15 is 0 Å². The summed E-state index contributed by atoms with van der Waals surface area (Å²) in [6.07, 6.45) is 0.405. The van der Waals surface area contributed by atoms with Crippen LogP contribution in [0, 0.1) is 5.82 Å². The van der Waals surface area contributed by atoms with Crippen molar-refractivity contribution < 1.29 is 22.3 Å². The Balaban J connectivity index is 1.44. The molecule has 0 spiro atoms. The van der Waals surface area contributed by atoms with Gasteiger partial charge in [-0.1, -0.05) is 60.7 Å². The van der Waals surface area contributed by atoms with E-state index in [4.69, 9.17) is 4.74 Å². The predicted octanol–water partition coefficient (Wildman–Crippen LogP) is 5.50. The Morgan fingerprint density at radius 1 is 0.927 bits per heavy atom. The molecule has 0 fully saturated rings. The monoisotopic (exact) mass is 572 g/mol. The standard InChI is InChI=1S/C31H29FN4O4S/c1-40-19-7-18-35(41(38,39)28-17-12-23-8-5-6-11-25(23)20-28)22-31(37)33-30-21-29(24-9-3-2-4-10-24)34-36(30)27-15-13-26(32)14-16-27/h2-6,8-17,20-21H,7,18-19,22H2,1H3,(H,33,37). The molecule has 41 heavy (non-hydrogen) atoms. The van der Waals surface area contributed by atoms with E-state index in [9.17, 15) is 17.6 Å². The fraction of sp³-hybridized carbons (Fsp3) is 0.161. The van der Waals surface area contributed by atoms with Gasteiger partial charge >= 0.3 is 0 Å². The number of carbonyl (C=O) groups excluding carboxylic acids is 1. The number of ether oxygens (including phenoxy) is 1. The number of hydrogen-bond acceptors (Lipinski definition) is 5. The van der Waals surface area contributed by atoms with Crippen molar-refractivity contribution in [3.63, 3.8) is 0 Å². The van der Waals surface area contributed by atoms with Gasteiger partial charge in [0.05, 0.1) is 22.8 Å². The van der Waals surface area contributed by atoms with E-state index in [1.165, 1.54) is 23.9 Å². The molecular weight excluding hydrogens is 543 g/mol. The van der Waals surface area contributed by atoms with Crippen molar-refractivity contribution in [2.75, 3.05) is 32.1 Å². The van der Waals surface area contributed by atoms with Gasteiger partial charge in [-0.25, -0.2) is 17.5 Å². The fourth-order valence-electron chi connectivity index (χ4n) is 4.49. The second-order valence-corrected chi connectivity index (χ2v) is 11.3. The minimum Gasteiger partial charge on any atom is -0.385 e. The number of fused-ring (bicyclic) bond motifs is 1. The lowest BCUT2D eigenvalue weighted by Crippen LogP contribution is -2.39. The predicted molar refractivity (Wildman–Crippen MR) is 157 cm³/mol. The van der Waals surface area contributed by atoms with Crippen LogP contribution in [0.25, 0.3) is 27.7 Å². The van der Waals surface area contributed by atoms with Gasteiger partial charge in [0.2, 0.25) is 15.9 Å². The van der Waals surface area contributed by atoms with Crippen LogP contribution >= 0.6 is 0 Å². The van der Waals surface area contributed by atoms with Gasteiger partial charge < -0.3 is 10.1 Å². The zero-order valence-corrected chi connectivity index (χ0v) is 23.2. The maximum Gasteiger partial charge on any atom is 0.243 e. The summed E-state index contributed by atoms with van der Waals surface area (Å²) in [6.45, 7) is 0.000183. The van der Waals surface area contributed by atoms with Crippen molar-refractivity contribution in [2.45, 2.75) is 11.3 Å². The first-order chi connectivity index (χ1) is 19.8. The van der Waals surface area contributed by atoms with Crippen LogP contribution in [0.2, 0.25) is 0 Å². The zero-order valence-electron chi connectivity index (χ0n) is 22.4. The van der Waals surface area contributed by atoms with E-state index in [1.807, 2.05) is 54.6 Å². The number of nitrogens with zero attached hydrogens (tertiary/aromatic N) is 3. The Morgan fingerprint density at radius 3 is 2.37 bits per heavy atom. The first-order valence-corrected chi connectivity index (χ1v) is 14.5. The van der Waals surface area contributed by atoms with Crippen molar-refractivity contribution in [1.82, 2.24) is 14.1 Å². The number of halogens is 1. The van der Waals surface area contributed by atoms with Gasteiger partial charge in [0.15, 0.2) is 0 Å². The second-order valence-electron chi connectivity index (χ2n) is 9.41. The summed E-state index contributed by atoms with van der Waals surface area (Å²) in [5, 5.41) is 9.15. The van der Waals surface area contributed by atoms with E-state index in [0.717, 1.165) is 20.6 Å². The molecule has 0 aliphatic rings. The highest BCUT2D eigenvalue weighted by atomic mass is 32.2. The molecule has 210 valence electrons. The number of amides is 1. The number of sulfonamides is 1. The number of aromatic nitrogens is 2. The summed E-state index contributed by atoms with van der Waals surface area (Å²) in [7, 11) is -2.47. The van der Waals surface area contributed by atoms with E-state index in [1.54, 1.807) is 36.4 Å². The molecule has 0 unspecified atom stereocenters. The molecule has 0 saturated heterocycles. The maximum atomic E-state index is 13.7. The van der Waals surface area contributed by atoms with Crippen LogP contribution in [0.3, 0.4) is 0 Å². The van der Waals surface area contributed by atoms with Gasteiger partial charge in [-0.3, -0.25) is 4.79 Å². The summed E-state index contributed by atoms with van der Waals surface area (Å²) in [5.74, 6) is -0.629. The quantitative estimate of drug-likeness (QED) is 0.211. The topological polar surface area (TPSA) is 93.5 Å². The summed E-state index contributed by atoms with van der Waals surface area (Å²) >= 11 is 0. The highest BCUT2D eigenvalue weighted by molar-refractivity contribution is 7.89. The van der Waals surface area contributed by atoms with Crippen molar-refractivity contribution in [3.8, 4) is 16.9 Å². The van der Waals surface area contributed by atoms with Crippen LogP contribution in [-0.4, -0.2) is 55.2 Å². The van der Waals surface area contributed by atoms with Crippen LogP contribution in [0.15, 0.2) is 108 Å². The van der Waals surface area contributed by atoms with Crippen LogP contribution in [0.1, 0.15) is 6.42 Å². The van der Waals surface area contributed by atoms with E-state index in [0.29, 0.717) is 30.2 Å². The Hall–Kier alpha value is -4.38. The number of nitrogens with one attached hydrogen (secondary N) is 1. The largest absolute Gasteiger partial charge is 0.385 e.